The molecule has 0 spiro atoms. The lowest BCUT2D eigenvalue weighted by Crippen LogP contribution is -2.44. The highest BCUT2D eigenvalue weighted by Crippen LogP contribution is 2.02. The number of carboxylic acids is 1. The third kappa shape index (κ3) is 4.55. The van der Waals surface area contributed by atoms with Gasteiger partial charge in [0.2, 0.25) is 0 Å². The Morgan fingerprint density at radius 1 is 1.22 bits per heavy atom. The third-order valence-electron chi connectivity index (χ3n) is 2.45. The van der Waals surface area contributed by atoms with E-state index in [2.05, 4.69) is 5.32 Å². The lowest BCUT2D eigenvalue weighted by Gasteiger charge is -2.16. The van der Waals surface area contributed by atoms with Crippen LogP contribution in [0.2, 0.25) is 0 Å². The van der Waals surface area contributed by atoms with Gasteiger partial charge in [0.15, 0.2) is 0 Å². The molecule has 0 aliphatic heterocycles. The number of esters is 1. The Kier molecular flexibility index (Phi) is 5.32. The van der Waals surface area contributed by atoms with Crippen LogP contribution < -0.4 is 5.32 Å². The van der Waals surface area contributed by atoms with Crippen molar-refractivity contribution in [1.82, 2.24) is 5.32 Å². The summed E-state index contributed by atoms with van der Waals surface area (Å²) < 4.78 is 5.08. The molecule has 18 heavy (non-hydrogen) atoms. The maximum absolute atomic E-state index is 11.6. The largest absolute Gasteiger partial charge is 0.480 e. The normalized spacial score (nSPS) is 13.7. The smallest absolute Gasteiger partial charge is 0.323 e. The highest BCUT2D eigenvalue weighted by Gasteiger charge is 2.20. The van der Waals surface area contributed by atoms with Crippen LogP contribution in [0.15, 0.2) is 30.3 Å². The number of carboxylic acid groups (broad SMARTS) is 1. The maximum atomic E-state index is 11.6. The molecule has 2 N–H and O–H groups in total. The molecule has 0 fully saturated rings. The number of hydrogen-bond acceptors (Lipinski definition) is 4. The molecule has 0 aromatic heterocycles. The number of aliphatic carboxylic acids is 1. The molecule has 0 saturated carbocycles. The van der Waals surface area contributed by atoms with Gasteiger partial charge in [-0.1, -0.05) is 30.3 Å². The van der Waals surface area contributed by atoms with Crippen LogP contribution >= 0.6 is 0 Å². The van der Waals surface area contributed by atoms with Crippen LogP contribution in [0, 0.1) is 0 Å². The summed E-state index contributed by atoms with van der Waals surface area (Å²) in [6.45, 7) is 3.24. The van der Waals surface area contributed by atoms with Crippen LogP contribution in [0.5, 0.6) is 0 Å². The van der Waals surface area contributed by atoms with Crippen LogP contribution in [0.25, 0.3) is 0 Å². The first-order valence-corrected chi connectivity index (χ1v) is 5.70. The van der Waals surface area contributed by atoms with Crippen LogP contribution in [0.3, 0.4) is 0 Å². The Hall–Kier alpha value is -1.88. The van der Waals surface area contributed by atoms with Crippen molar-refractivity contribution in [2.75, 3.05) is 0 Å². The number of carbonyl (C=O) groups is 2. The molecule has 1 aromatic rings. The van der Waals surface area contributed by atoms with Crippen LogP contribution in [-0.2, 0) is 20.9 Å². The summed E-state index contributed by atoms with van der Waals surface area (Å²) in [5.41, 5.74) is 0.893. The summed E-state index contributed by atoms with van der Waals surface area (Å²) in [4.78, 5) is 22.2. The van der Waals surface area contributed by atoms with E-state index in [1.807, 2.05) is 30.3 Å². The van der Waals surface area contributed by atoms with E-state index in [9.17, 15) is 9.59 Å². The van der Waals surface area contributed by atoms with E-state index >= 15 is 0 Å². The van der Waals surface area contributed by atoms with Crippen molar-refractivity contribution >= 4 is 11.9 Å². The van der Waals surface area contributed by atoms with Crippen molar-refractivity contribution < 1.29 is 19.4 Å². The molecule has 0 radical (unpaired) electrons. The Morgan fingerprint density at radius 3 is 2.39 bits per heavy atom. The lowest BCUT2D eigenvalue weighted by atomic mass is 10.2. The van der Waals surface area contributed by atoms with Gasteiger partial charge in [0.1, 0.15) is 18.7 Å². The number of carbonyl (C=O) groups excluding carboxylic acids is 1. The van der Waals surface area contributed by atoms with E-state index in [0.29, 0.717) is 0 Å². The van der Waals surface area contributed by atoms with E-state index in [0.717, 1.165) is 5.56 Å². The molecule has 2 atom stereocenters. The van der Waals surface area contributed by atoms with Gasteiger partial charge in [0.25, 0.3) is 0 Å². The van der Waals surface area contributed by atoms with Crippen molar-refractivity contribution in [3.8, 4) is 0 Å². The second-order valence-corrected chi connectivity index (χ2v) is 4.04. The van der Waals surface area contributed by atoms with Gasteiger partial charge in [-0.3, -0.25) is 14.9 Å². The summed E-state index contributed by atoms with van der Waals surface area (Å²) in [6, 6.07) is 7.86. The first-order valence-electron chi connectivity index (χ1n) is 5.70. The van der Waals surface area contributed by atoms with Gasteiger partial charge < -0.3 is 9.84 Å². The zero-order valence-electron chi connectivity index (χ0n) is 10.4. The third-order valence-corrected chi connectivity index (χ3v) is 2.45. The molecule has 0 aliphatic carbocycles. The lowest BCUT2D eigenvalue weighted by molar-refractivity contribution is -0.148. The SMILES string of the molecule is CC(NC(C)C(=O)OCc1ccccc1)C(=O)O. The number of hydrogen-bond donors (Lipinski definition) is 2. The van der Waals surface area contributed by atoms with Crippen molar-refractivity contribution in [1.29, 1.82) is 0 Å². The van der Waals surface area contributed by atoms with Gasteiger partial charge in [0.05, 0.1) is 0 Å². The number of ether oxygens (including phenoxy) is 1. The zero-order valence-corrected chi connectivity index (χ0v) is 10.4. The molecule has 5 nitrogen and oxygen atoms in total. The summed E-state index contributed by atoms with van der Waals surface area (Å²) in [6.07, 6.45) is 0. The molecule has 1 rings (SSSR count). The molecule has 98 valence electrons. The van der Waals surface area contributed by atoms with Crippen molar-refractivity contribution in [3.63, 3.8) is 0 Å². The van der Waals surface area contributed by atoms with Gasteiger partial charge in [-0.25, -0.2) is 0 Å². The van der Waals surface area contributed by atoms with Crippen LogP contribution in [-0.4, -0.2) is 29.1 Å². The molecule has 0 saturated heterocycles. The van der Waals surface area contributed by atoms with Crippen LogP contribution in [0.1, 0.15) is 19.4 Å². The van der Waals surface area contributed by atoms with E-state index in [1.165, 1.54) is 6.92 Å². The van der Waals surface area contributed by atoms with Crippen molar-refractivity contribution in [2.24, 2.45) is 0 Å². The predicted molar refractivity (Wildman–Crippen MR) is 65.9 cm³/mol. The van der Waals surface area contributed by atoms with Gasteiger partial charge in [0, 0.05) is 0 Å². The summed E-state index contributed by atoms with van der Waals surface area (Å²) in [5.74, 6) is -1.47. The average Bonchev–Trinajstić information content (AvgIpc) is 2.36. The van der Waals surface area contributed by atoms with E-state index in [1.54, 1.807) is 6.92 Å². The fourth-order valence-corrected chi connectivity index (χ4v) is 1.37. The molecule has 2 unspecified atom stereocenters. The quantitative estimate of drug-likeness (QED) is 0.742. The van der Waals surface area contributed by atoms with E-state index in [-0.39, 0.29) is 6.61 Å². The standard InChI is InChI=1S/C13H17NO4/c1-9(12(15)16)14-10(2)13(17)18-8-11-6-4-3-5-7-11/h3-7,9-10,14H,8H2,1-2H3,(H,15,16). The van der Waals surface area contributed by atoms with Gasteiger partial charge in [-0.05, 0) is 19.4 Å². The first kappa shape index (κ1) is 14.2. The van der Waals surface area contributed by atoms with Crippen molar-refractivity contribution in [2.45, 2.75) is 32.5 Å². The van der Waals surface area contributed by atoms with Gasteiger partial charge in [-0.2, -0.15) is 0 Å². The topological polar surface area (TPSA) is 75.6 Å². The van der Waals surface area contributed by atoms with E-state index < -0.39 is 24.0 Å². The fourth-order valence-electron chi connectivity index (χ4n) is 1.37. The monoisotopic (exact) mass is 251 g/mol. The first-order chi connectivity index (χ1) is 8.50. The highest BCUT2D eigenvalue weighted by atomic mass is 16.5. The Labute approximate surface area is 106 Å². The van der Waals surface area contributed by atoms with E-state index in [4.69, 9.17) is 9.84 Å². The highest BCUT2D eigenvalue weighted by molar-refractivity contribution is 5.78. The molecule has 0 aliphatic rings. The molecule has 1 aromatic carbocycles. The summed E-state index contributed by atoms with van der Waals surface area (Å²) in [7, 11) is 0. The average molecular weight is 251 g/mol. The van der Waals surface area contributed by atoms with Gasteiger partial charge in [-0.15, -0.1) is 0 Å². The Balaban J connectivity index is 2.39. The van der Waals surface area contributed by atoms with Crippen molar-refractivity contribution in [3.05, 3.63) is 35.9 Å². The molecular formula is C13H17NO4. The van der Waals surface area contributed by atoms with Crippen LogP contribution in [0.4, 0.5) is 0 Å². The minimum Gasteiger partial charge on any atom is -0.480 e. The number of benzene rings is 1. The predicted octanol–water partition coefficient (Wildman–Crippen LogP) is 1.18. The molecule has 0 bridgehead atoms. The molecule has 5 heteroatoms. The minimum absolute atomic E-state index is 0.188. The second-order valence-electron chi connectivity index (χ2n) is 4.04. The number of nitrogens with one attached hydrogen (secondary N) is 1. The Morgan fingerprint density at radius 2 is 1.83 bits per heavy atom. The summed E-state index contributed by atoms with van der Waals surface area (Å²) >= 11 is 0. The maximum Gasteiger partial charge on any atom is 0.323 e. The zero-order chi connectivity index (χ0) is 13.5. The number of rotatable bonds is 6. The van der Waals surface area contributed by atoms with Gasteiger partial charge >= 0.3 is 11.9 Å². The second kappa shape index (κ2) is 6.76. The Bertz CT molecular complexity index is 405. The minimum atomic E-state index is -1.00. The molecule has 0 amide bonds. The molecular weight excluding hydrogens is 234 g/mol. The summed E-state index contributed by atoms with van der Waals surface area (Å²) in [5, 5.41) is 11.3. The molecule has 0 heterocycles. The fraction of sp³-hybridized carbons (Fsp3) is 0.385.